The second-order valence-electron chi connectivity index (χ2n) is 10.3. The number of nitrogens with zero attached hydrogens (tertiary/aromatic N) is 4. The van der Waals surface area contributed by atoms with E-state index in [-0.39, 0.29) is 41.9 Å². The van der Waals surface area contributed by atoms with Crippen molar-refractivity contribution < 1.29 is 19.3 Å². The average molecular weight is 512 g/mol. The van der Waals surface area contributed by atoms with Gasteiger partial charge in [0.05, 0.1) is 36.6 Å². The minimum absolute atomic E-state index is 0.0613. The van der Waals surface area contributed by atoms with Crippen molar-refractivity contribution in [3.8, 4) is 11.3 Å². The summed E-state index contributed by atoms with van der Waals surface area (Å²) in [7, 11) is 0. The van der Waals surface area contributed by atoms with Crippen LogP contribution < -0.4 is 10.7 Å². The molecule has 2 fully saturated rings. The van der Waals surface area contributed by atoms with E-state index in [9.17, 15) is 19.4 Å². The van der Waals surface area contributed by atoms with Gasteiger partial charge in [-0.2, -0.15) is 0 Å². The highest BCUT2D eigenvalue weighted by Crippen LogP contribution is 2.28. The summed E-state index contributed by atoms with van der Waals surface area (Å²) in [6, 6.07) is 6.72. The normalized spacial score (nSPS) is 21.6. The van der Waals surface area contributed by atoms with Gasteiger partial charge in [0.15, 0.2) is 11.2 Å². The van der Waals surface area contributed by atoms with Crippen molar-refractivity contribution in [2.75, 3.05) is 31.6 Å². The zero-order valence-electron chi connectivity index (χ0n) is 21.2. The Balaban J connectivity index is 1.52. The van der Waals surface area contributed by atoms with Crippen LogP contribution in [0.25, 0.3) is 22.2 Å². The molecular formula is C27H34FN5O4. The number of pyridine rings is 1. The minimum Gasteiger partial charge on any atom is -0.393 e. The first kappa shape index (κ1) is 25.7. The fraction of sp³-hybridized carbons (Fsp3) is 0.519. The summed E-state index contributed by atoms with van der Waals surface area (Å²) in [5, 5.41) is 23.7. The fourth-order valence-electron chi connectivity index (χ4n) is 5.27. The number of aliphatic hydroxyl groups excluding tert-OH is 2. The second kappa shape index (κ2) is 10.8. The number of rotatable bonds is 6. The Morgan fingerprint density at radius 3 is 2.70 bits per heavy atom. The zero-order valence-corrected chi connectivity index (χ0v) is 21.2. The Kier molecular flexibility index (Phi) is 7.52. The van der Waals surface area contributed by atoms with E-state index < -0.39 is 11.9 Å². The Hall–Kier alpha value is -2.92. The summed E-state index contributed by atoms with van der Waals surface area (Å²) >= 11 is 0. The standard InChI is InChI=1S/C27H34FN5O4/c1-16(2)33-18(14-32-8-5-19(34)6-9-32)12-24(35)20-4-3-17(11-23(20)33)26-21(28)13-29-27(31-26)30-22-7-10-37-15-25(22)36/h3-4,11-13,16,19,22,25,34,36H,5-10,14-15H2,1-2H3,(H,29,30,31)/t22-,25-/m1/s1. The third-order valence-electron chi connectivity index (χ3n) is 7.25. The maximum atomic E-state index is 15.0. The average Bonchev–Trinajstić information content (AvgIpc) is 2.87. The predicted molar refractivity (Wildman–Crippen MR) is 139 cm³/mol. The molecule has 0 bridgehead atoms. The van der Waals surface area contributed by atoms with E-state index >= 15 is 0 Å². The summed E-state index contributed by atoms with van der Waals surface area (Å²) in [6.07, 6.45) is 2.19. The Morgan fingerprint density at radius 2 is 1.97 bits per heavy atom. The van der Waals surface area contributed by atoms with Crippen molar-refractivity contribution in [3.63, 3.8) is 0 Å². The molecule has 1 aromatic carbocycles. The van der Waals surface area contributed by atoms with Crippen molar-refractivity contribution in [2.24, 2.45) is 0 Å². The van der Waals surface area contributed by atoms with Gasteiger partial charge in [-0.3, -0.25) is 9.69 Å². The molecule has 2 aliphatic rings. The molecule has 10 heteroatoms. The number of likely N-dealkylation sites (tertiary alicyclic amines) is 1. The number of nitrogens with one attached hydrogen (secondary N) is 1. The third kappa shape index (κ3) is 5.52. The van der Waals surface area contributed by atoms with Crippen LogP contribution in [0.3, 0.4) is 0 Å². The molecule has 4 heterocycles. The third-order valence-corrected chi connectivity index (χ3v) is 7.25. The van der Waals surface area contributed by atoms with E-state index in [1.165, 1.54) is 0 Å². The SMILES string of the molecule is CC(C)n1c(CN2CCC(O)CC2)cc(=O)c2ccc(-c3nc(N[C@@H]4CCOC[C@H]4O)ncc3F)cc21. The molecule has 2 aliphatic heterocycles. The monoisotopic (exact) mass is 511 g/mol. The van der Waals surface area contributed by atoms with Crippen molar-refractivity contribution in [2.45, 2.75) is 63.9 Å². The molecule has 2 aromatic heterocycles. The van der Waals surface area contributed by atoms with Crippen LogP contribution in [-0.4, -0.2) is 74.2 Å². The molecule has 2 atom stereocenters. The Morgan fingerprint density at radius 1 is 1.19 bits per heavy atom. The predicted octanol–water partition coefficient (Wildman–Crippen LogP) is 2.70. The van der Waals surface area contributed by atoms with Gasteiger partial charge < -0.3 is 24.8 Å². The van der Waals surface area contributed by atoms with Crippen molar-refractivity contribution in [1.29, 1.82) is 0 Å². The van der Waals surface area contributed by atoms with Crippen molar-refractivity contribution in [3.05, 3.63) is 52.2 Å². The maximum Gasteiger partial charge on any atom is 0.223 e. The number of benzene rings is 1. The quantitative estimate of drug-likeness (QED) is 0.463. The number of piperidine rings is 1. The second-order valence-corrected chi connectivity index (χ2v) is 10.3. The summed E-state index contributed by atoms with van der Waals surface area (Å²) in [5.74, 6) is -0.344. The number of anilines is 1. The maximum absolute atomic E-state index is 15.0. The Labute approximate surface area is 214 Å². The first-order valence-electron chi connectivity index (χ1n) is 12.9. The van der Waals surface area contributed by atoms with Crippen LogP contribution in [-0.2, 0) is 11.3 Å². The van der Waals surface area contributed by atoms with E-state index in [1.54, 1.807) is 18.2 Å². The number of aliphatic hydroxyl groups is 2. The smallest absolute Gasteiger partial charge is 0.223 e. The van der Waals surface area contributed by atoms with Crippen LogP contribution >= 0.6 is 0 Å². The van der Waals surface area contributed by atoms with Crippen LogP contribution in [0.4, 0.5) is 10.3 Å². The lowest BCUT2D eigenvalue weighted by atomic mass is 10.0. The van der Waals surface area contributed by atoms with Crippen LogP contribution in [0.1, 0.15) is 44.8 Å². The first-order valence-corrected chi connectivity index (χ1v) is 12.9. The number of ether oxygens (including phenoxy) is 1. The molecule has 37 heavy (non-hydrogen) atoms. The van der Waals surface area contributed by atoms with E-state index in [0.29, 0.717) is 30.5 Å². The van der Waals surface area contributed by atoms with Crippen LogP contribution in [0.2, 0.25) is 0 Å². The van der Waals surface area contributed by atoms with E-state index in [4.69, 9.17) is 4.74 Å². The number of hydrogen-bond donors (Lipinski definition) is 3. The highest BCUT2D eigenvalue weighted by atomic mass is 19.1. The molecule has 3 N–H and O–H groups in total. The molecule has 9 nitrogen and oxygen atoms in total. The lowest BCUT2D eigenvalue weighted by Gasteiger charge is -2.31. The zero-order chi connectivity index (χ0) is 26.1. The summed E-state index contributed by atoms with van der Waals surface area (Å²) in [4.78, 5) is 23.8. The van der Waals surface area contributed by atoms with Crippen LogP contribution in [0.15, 0.2) is 35.3 Å². The van der Waals surface area contributed by atoms with Gasteiger partial charge >= 0.3 is 0 Å². The van der Waals surface area contributed by atoms with Gasteiger partial charge in [-0.25, -0.2) is 14.4 Å². The fourth-order valence-corrected chi connectivity index (χ4v) is 5.27. The number of fused-ring (bicyclic) bond motifs is 1. The highest BCUT2D eigenvalue weighted by molar-refractivity contribution is 5.84. The molecule has 0 saturated carbocycles. The largest absolute Gasteiger partial charge is 0.393 e. The molecule has 3 aromatic rings. The first-order chi connectivity index (χ1) is 17.8. The van der Waals surface area contributed by atoms with Gasteiger partial charge in [0.1, 0.15) is 5.69 Å². The minimum atomic E-state index is -0.700. The molecule has 0 aliphatic carbocycles. The van der Waals surface area contributed by atoms with Crippen molar-refractivity contribution >= 4 is 16.9 Å². The summed E-state index contributed by atoms with van der Waals surface area (Å²) in [6.45, 7) is 7.01. The molecule has 0 spiro atoms. The van der Waals surface area contributed by atoms with Gasteiger partial charge in [-0.05, 0) is 45.2 Å². The van der Waals surface area contributed by atoms with E-state index in [1.807, 2.05) is 6.07 Å². The molecule has 0 unspecified atom stereocenters. The highest BCUT2D eigenvalue weighted by Gasteiger charge is 2.25. The van der Waals surface area contributed by atoms with Gasteiger partial charge in [0, 0.05) is 55.0 Å². The molecule has 2 saturated heterocycles. The van der Waals surface area contributed by atoms with Gasteiger partial charge in [-0.1, -0.05) is 6.07 Å². The van der Waals surface area contributed by atoms with Gasteiger partial charge in [0.25, 0.3) is 0 Å². The topological polar surface area (TPSA) is 113 Å². The molecule has 198 valence electrons. The Bertz CT molecular complexity index is 1320. The molecular weight excluding hydrogens is 477 g/mol. The van der Waals surface area contributed by atoms with Crippen molar-refractivity contribution in [1.82, 2.24) is 19.4 Å². The van der Waals surface area contributed by atoms with E-state index in [2.05, 4.69) is 38.6 Å². The van der Waals surface area contributed by atoms with Crippen LogP contribution in [0.5, 0.6) is 0 Å². The molecule has 0 radical (unpaired) electrons. The van der Waals surface area contributed by atoms with Gasteiger partial charge in [0.2, 0.25) is 5.95 Å². The summed E-state index contributed by atoms with van der Waals surface area (Å²) < 4.78 is 22.4. The van der Waals surface area contributed by atoms with Gasteiger partial charge in [-0.15, -0.1) is 0 Å². The van der Waals surface area contributed by atoms with Crippen LogP contribution in [0, 0.1) is 5.82 Å². The number of hydrogen-bond acceptors (Lipinski definition) is 8. The lowest BCUT2D eigenvalue weighted by Crippen LogP contribution is -2.42. The summed E-state index contributed by atoms with van der Waals surface area (Å²) in [5.41, 5.74) is 2.19. The molecule has 5 rings (SSSR count). The number of halogens is 1. The number of aromatic nitrogens is 3. The molecule has 0 amide bonds. The lowest BCUT2D eigenvalue weighted by molar-refractivity contribution is -0.0136. The van der Waals surface area contributed by atoms with E-state index in [0.717, 1.165) is 43.3 Å².